The summed E-state index contributed by atoms with van der Waals surface area (Å²) in [6, 6.07) is 7.86. The van der Waals surface area contributed by atoms with E-state index in [0.29, 0.717) is 12.3 Å². The van der Waals surface area contributed by atoms with E-state index >= 15 is 0 Å². The molecule has 1 aromatic carbocycles. The van der Waals surface area contributed by atoms with Crippen LogP contribution in [0, 0.1) is 0 Å². The van der Waals surface area contributed by atoms with Gasteiger partial charge in [0.25, 0.3) is 0 Å². The molecule has 2 aromatic heterocycles. The van der Waals surface area contributed by atoms with Crippen molar-refractivity contribution >= 4 is 10.8 Å². The highest BCUT2D eigenvalue weighted by atomic mass is 16.7. The second-order valence-electron chi connectivity index (χ2n) is 4.41. The summed E-state index contributed by atoms with van der Waals surface area (Å²) in [5.41, 5.74) is 0. The fourth-order valence-corrected chi connectivity index (χ4v) is 2.28. The van der Waals surface area contributed by atoms with Gasteiger partial charge >= 0.3 is 0 Å². The summed E-state index contributed by atoms with van der Waals surface area (Å²) in [7, 11) is 3.16. The standard InChI is InChI=1S/C14H15N3O3/c1-18-14(19-2,8-17-10-15-9-16-17)13-12-6-4-3-5-11(12)7-20-13/h3-7,9-10H,8H2,1-2H3. The molecule has 0 aliphatic carbocycles. The van der Waals surface area contributed by atoms with E-state index < -0.39 is 5.79 Å². The van der Waals surface area contributed by atoms with Gasteiger partial charge in [-0.25, -0.2) is 9.67 Å². The molecule has 6 heteroatoms. The molecule has 0 aliphatic heterocycles. The number of nitrogens with zero attached hydrogens (tertiary/aromatic N) is 3. The Morgan fingerprint density at radius 1 is 1.25 bits per heavy atom. The highest BCUT2D eigenvalue weighted by Gasteiger charge is 2.38. The van der Waals surface area contributed by atoms with Gasteiger partial charge in [0.05, 0.1) is 6.26 Å². The maximum absolute atomic E-state index is 5.70. The van der Waals surface area contributed by atoms with Crippen molar-refractivity contribution < 1.29 is 13.9 Å². The zero-order valence-electron chi connectivity index (χ0n) is 11.3. The Hall–Kier alpha value is -2.18. The van der Waals surface area contributed by atoms with Gasteiger partial charge < -0.3 is 13.9 Å². The Morgan fingerprint density at radius 3 is 2.75 bits per heavy atom. The van der Waals surface area contributed by atoms with E-state index in [0.717, 1.165) is 10.8 Å². The van der Waals surface area contributed by atoms with E-state index in [-0.39, 0.29) is 0 Å². The Labute approximate surface area is 115 Å². The van der Waals surface area contributed by atoms with Crippen molar-refractivity contribution in [2.45, 2.75) is 12.3 Å². The molecule has 0 fully saturated rings. The lowest BCUT2D eigenvalue weighted by molar-refractivity contribution is -0.235. The van der Waals surface area contributed by atoms with Gasteiger partial charge in [0.15, 0.2) is 5.76 Å². The number of furan rings is 1. The molecule has 0 saturated heterocycles. The molecular weight excluding hydrogens is 258 g/mol. The molecule has 3 rings (SSSR count). The molecule has 0 radical (unpaired) electrons. The summed E-state index contributed by atoms with van der Waals surface area (Å²) in [6.07, 6.45) is 4.77. The smallest absolute Gasteiger partial charge is 0.248 e. The first-order valence-electron chi connectivity index (χ1n) is 6.18. The van der Waals surface area contributed by atoms with Gasteiger partial charge in [0, 0.05) is 25.0 Å². The summed E-state index contributed by atoms with van der Waals surface area (Å²) < 4.78 is 18.6. The van der Waals surface area contributed by atoms with Gasteiger partial charge in [0.1, 0.15) is 19.2 Å². The third-order valence-electron chi connectivity index (χ3n) is 3.35. The van der Waals surface area contributed by atoms with Crippen LogP contribution in [0.15, 0.2) is 47.6 Å². The van der Waals surface area contributed by atoms with E-state index in [2.05, 4.69) is 10.1 Å². The summed E-state index contributed by atoms with van der Waals surface area (Å²) in [4.78, 5) is 3.93. The van der Waals surface area contributed by atoms with E-state index in [4.69, 9.17) is 13.9 Å². The van der Waals surface area contributed by atoms with E-state index in [1.807, 2.05) is 24.3 Å². The molecule has 0 aliphatic rings. The highest BCUT2D eigenvalue weighted by molar-refractivity contribution is 5.84. The Bertz CT molecular complexity index is 687. The number of aromatic nitrogens is 3. The van der Waals surface area contributed by atoms with Crippen LogP contribution in [0.4, 0.5) is 0 Å². The third-order valence-corrected chi connectivity index (χ3v) is 3.35. The first-order chi connectivity index (χ1) is 9.79. The first kappa shape index (κ1) is 12.8. The maximum atomic E-state index is 5.70. The molecule has 0 amide bonds. The van der Waals surface area contributed by atoms with Crippen LogP contribution in [0.25, 0.3) is 10.8 Å². The van der Waals surface area contributed by atoms with Crippen LogP contribution in [0.3, 0.4) is 0 Å². The summed E-state index contributed by atoms with van der Waals surface area (Å²) in [5, 5.41) is 6.05. The average molecular weight is 273 g/mol. The van der Waals surface area contributed by atoms with Crippen LogP contribution in [0.2, 0.25) is 0 Å². The molecule has 6 nitrogen and oxygen atoms in total. The van der Waals surface area contributed by atoms with Crippen molar-refractivity contribution in [2.24, 2.45) is 0 Å². The minimum absolute atomic E-state index is 0.345. The number of benzene rings is 1. The molecule has 20 heavy (non-hydrogen) atoms. The molecule has 0 saturated carbocycles. The monoisotopic (exact) mass is 273 g/mol. The minimum Gasteiger partial charge on any atom is -0.462 e. The number of fused-ring (bicyclic) bond motifs is 1. The fraction of sp³-hybridized carbons (Fsp3) is 0.286. The lowest BCUT2D eigenvalue weighted by Gasteiger charge is -2.28. The number of rotatable bonds is 5. The first-order valence-corrected chi connectivity index (χ1v) is 6.18. The molecule has 0 atom stereocenters. The van der Waals surface area contributed by atoms with Gasteiger partial charge in [-0.15, -0.1) is 0 Å². The fourth-order valence-electron chi connectivity index (χ4n) is 2.28. The Kier molecular flexibility index (Phi) is 3.25. The van der Waals surface area contributed by atoms with Gasteiger partial charge in [-0.05, 0) is 0 Å². The molecule has 2 heterocycles. The summed E-state index contributed by atoms with van der Waals surface area (Å²) >= 11 is 0. The highest BCUT2D eigenvalue weighted by Crippen LogP contribution is 2.34. The van der Waals surface area contributed by atoms with Crippen LogP contribution < -0.4 is 0 Å². The largest absolute Gasteiger partial charge is 0.462 e. The number of hydrogen-bond donors (Lipinski definition) is 0. The molecular formula is C14H15N3O3. The van der Waals surface area contributed by atoms with Gasteiger partial charge in [0.2, 0.25) is 5.79 Å². The lowest BCUT2D eigenvalue weighted by atomic mass is 10.1. The zero-order chi connectivity index (χ0) is 14.0. The van der Waals surface area contributed by atoms with E-state index in [1.165, 1.54) is 6.33 Å². The van der Waals surface area contributed by atoms with Gasteiger partial charge in [-0.1, -0.05) is 24.3 Å². The predicted octanol–water partition coefficient (Wildman–Crippen LogP) is 2.17. The van der Waals surface area contributed by atoms with Crippen LogP contribution in [0.1, 0.15) is 5.76 Å². The van der Waals surface area contributed by atoms with Gasteiger partial charge in [-0.2, -0.15) is 5.10 Å². The van der Waals surface area contributed by atoms with Crippen molar-refractivity contribution in [3.05, 3.63) is 48.9 Å². The van der Waals surface area contributed by atoms with Crippen LogP contribution in [0.5, 0.6) is 0 Å². The van der Waals surface area contributed by atoms with E-state index in [1.54, 1.807) is 31.5 Å². The predicted molar refractivity (Wildman–Crippen MR) is 71.9 cm³/mol. The summed E-state index contributed by atoms with van der Waals surface area (Å²) in [6.45, 7) is 0.345. The van der Waals surface area contributed by atoms with Crippen molar-refractivity contribution in [3.8, 4) is 0 Å². The van der Waals surface area contributed by atoms with Crippen molar-refractivity contribution in [1.29, 1.82) is 0 Å². The van der Waals surface area contributed by atoms with Gasteiger partial charge in [-0.3, -0.25) is 0 Å². The quantitative estimate of drug-likeness (QED) is 0.667. The number of hydrogen-bond acceptors (Lipinski definition) is 5. The third kappa shape index (κ3) is 1.99. The number of methoxy groups -OCH3 is 2. The second-order valence-corrected chi connectivity index (χ2v) is 4.41. The Balaban J connectivity index is 2.09. The second kappa shape index (κ2) is 5.07. The topological polar surface area (TPSA) is 62.3 Å². The molecule has 0 unspecified atom stereocenters. The van der Waals surface area contributed by atoms with Crippen molar-refractivity contribution in [3.63, 3.8) is 0 Å². The summed E-state index contributed by atoms with van der Waals surface area (Å²) in [5.74, 6) is -0.426. The number of ether oxygens (including phenoxy) is 2. The molecule has 0 bridgehead atoms. The average Bonchev–Trinajstić information content (AvgIpc) is 3.14. The lowest BCUT2D eigenvalue weighted by Crippen LogP contribution is -2.35. The zero-order valence-corrected chi connectivity index (χ0v) is 11.3. The van der Waals surface area contributed by atoms with Crippen LogP contribution >= 0.6 is 0 Å². The van der Waals surface area contributed by atoms with Crippen LogP contribution in [-0.2, 0) is 21.8 Å². The van der Waals surface area contributed by atoms with E-state index in [9.17, 15) is 0 Å². The molecule has 0 spiro atoms. The SMILES string of the molecule is COC(Cn1cncn1)(OC)c1occ2ccccc12. The van der Waals surface area contributed by atoms with Crippen molar-refractivity contribution in [1.82, 2.24) is 14.8 Å². The molecule has 104 valence electrons. The molecule has 0 N–H and O–H groups in total. The molecule has 3 aromatic rings. The Morgan fingerprint density at radius 2 is 2.05 bits per heavy atom. The maximum Gasteiger partial charge on any atom is 0.248 e. The van der Waals surface area contributed by atoms with Crippen molar-refractivity contribution in [2.75, 3.05) is 14.2 Å². The normalized spacial score (nSPS) is 12.1. The minimum atomic E-state index is -1.04. The van der Waals surface area contributed by atoms with Crippen LogP contribution in [-0.4, -0.2) is 29.0 Å².